The fourth-order valence-corrected chi connectivity index (χ4v) is 2.71. The molecule has 0 saturated carbocycles. The van der Waals surface area contributed by atoms with Crippen molar-refractivity contribution >= 4 is 15.9 Å². The van der Waals surface area contributed by atoms with Gasteiger partial charge in [0.25, 0.3) is 0 Å². The van der Waals surface area contributed by atoms with Gasteiger partial charge in [-0.25, -0.2) is 0 Å². The summed E-state index contributed by atoms with van der Waals surface area (Å²) < 4.78 is 12.2. The van der Waals surface area contributed by atoms with E-state index in [9.17, 15) is 0 Å². The van der Waals surface area contributed by atoms with Gasteiger partial charge in [-0.05, 0) is 59.6 Å². The van der Waals surface area contributed by atoms with Crippen LogP contribution in [0.15, 0.2) is 41.0 Å². The lowest BCUT2D eigenvalue weighted by molar-refractivity contribution is 0.286. The highest BCUT2D eigenvalue weighted by atomic mass is 79.9. The number of hydrogen-bond donors (Lipinski definition) is 1. The highest BCUT2D eigenvalue weighted by molar-refractivity contribution is 9.10. The number of rotatable bonds is 8. The number of nitrogens with zero attached hydrogens (tertiary/aromatic N) is 1. The van der Waals surface area contributed by atoms with E-state index in [-0.39, 0.29) is 0 Å². The van der Waals surface area contributed by atoms with E-state index in [1.165, 1.54) is 0 Å². The molecule has 0 fully saturated rings. The molecule has 22 heavy (non-hydrogen) atoms. The minimum atomic E-state index is 0.607. The molecule has 1 aromatic heterocycles. The summed E-state index contributed by atoms with van der Waals surface area (Å²) in [6.07, 6.45) is 1.80. The van der Waals surface area contributed by atoms with Crippen LogP contribution >= 0.6 is 15.9 Å². The van der Waals surface area contributed by atoms with E-state index in [0.29, 0.717) is 13.2 Å². The molecule has 0 amide bonds. The van der Waals surface area contributed by atoms with Crippen molar-refractivity contribution in [3.8, 4) is 11.5 Å². The molecule has 1 aromatic carbocycles. The van der Waals surface area contributed by atoms with Crippen LogP contribution in [0, 0.1) is 0 Å². The normalized spacial score (nSPS) is 10.5. The third kappa shape index (κ3) is 4.71. The van der Waals surface area contributed by atoms with Gasteiger partial charge in [0.2, 0.25) is 0 Å². The topological polar surface area (TPSA) is 43.4 Å². The summed E-state index contributed by atoms with van der Waals surface area (Å²) in [6, 6.07) is 9.99. The SMILES string of the molecule is CCOc1cc(CNCc2ccccn2)cc(Br)c1OCC. The van der Waals surface area contributed by atoms with E-state index in [1.54, 1.807) is 6.20 Å². The maximum atomic E-state index is 5.68. The molecule has 2 aromatic rings. The molecule has 2 rings (SSSR count). The standard InChI is InChI=1S/C17H21BrN2O2/c1-3-21-16-10-13(9-15(18)17(16)22-4-2)11-19-12-14-7-5-6-8-20-14/h5-10,19H,3-4,11-12H2,1-2H3. The number of halogens is 1. The van der Waals surface area contributed by atoms with Crippen molar-refractivity contribution < 1.29 is 9.47 Å². The smallest absolute Gasteiger partial charge is 0.175 e. The molecule has 0 unspecified atom stereocenters. The lowest BCUT2D eigenvalue weighted by Crippen LogP contribution is -2.14. The van der Waals surface area contributed by atoms with Crippen molar-refractivity contribution in [2.24, 2.45) is 0 Å². The lowest BCUT2D eigenvalue weighted by Gasteiger charge is -2.15. The Morgan fingerprint density at radius 2 is 1.91 bits per heavy atom. The Balaban J connectivity index is 2.04. The first kappa shape index (κ1) is 16.8. The number of pyridine rings is 1. The molecule has 5 heteroatoms. The number of nitrogens with one attached hydrogen (secondary N) is 1. The number of hydrogen-bond acceptors (Lipinski definition) is 4. The minimum absolute atomic E-state index is 0.607. The molecule has 0 bridgehead atoms. The zero-order valence-corrected chi connectivity index (χ0v) is 14.5. The van der Waals surface area contributed by atoms with Crippen LogP contribution in [-0.4, -0.2) is 18.2 Å². The zero-order valence-electron chi connectivity index (χ0n) is 12.9. The second-order valence-corrected chi connectivity index (χ2v) is 5.55. The molecule has 0 aliphatic rings. The van der Waals surface area contributed by atoms with E-state index in [0.717, 1.165) is 40.3 Å². The Morgan fingerprint density at radius 3 is 2.59 bits per heavy atom. The summed E-state index contributed by atoms with van der Waals surface area (Å²) in [5.74, 6) is 1.53. The van der Waals surface area contributed by atoms with Crippen LogP contribution in [0.1, 0.15) is 25.1 Å². The molecular weight excluding hydrogens is 344 g/mol. The molecule has 4 nitrogen and oxygen atoms in total. The van der Waals surface area contributed by atoms with Crippen LogP contribution < -0.4 is 14.8 Å². The molecule has 0 aliphatic carbocycles. The molecule has 1 heterocycles. The van der Waals surface area contributed by atoms with Crippen LogP contribution in [0.2, 0.25) is 0 Å². The molecule has 0 atom stereocenters. The zero-order chi connectivity index (χ0) is 15.8. The number of aromatic nitrogens is 1. The lowest BCUT2D eigenvalue weighted by atomic mass is 10.2. The summed E-state index contributed by atoms with van der Waals surface area (Å²) in [7, 11) is 0. The maximum absolute atomic E-state index is 5.68. The minimum Gasteiger partial charge on any atom is -0.490 e. The fourth-order valence-electron chi connectivity index (χ4n) is 2.11. The second-order valence-electron chi connectivity index (χ2n) is 4.70. The van der Waals surface area contributed by atoms with Crippen molar-refractivity contribution in [1.29, 1.82) is 0 Å². The Labute approximate surface area is 140 Å². The predicted molar refractivity (Wildman–Crippen MR) is 91.3 cm³/mol. The van der Waals surface area contributed by atoms with Gasteiger partial charge in [-0.1, -0.05) is 6.07 Å². The Kier molecular flexibility index (Phi) is 6.68. The van der Waals surface area contributed by atoms with Gasteiger partial charge in [-0.15, -0.1) is 0 Å². The number of ether oxygens (including phenoxy) is 2. The van der Waals surface area contributed by atoms with Crippen molar-refractivity contribution in [1.82, 2.24) is 10.3 Å². The molecule has 0 saturated heterocycles. The summed E-state index contributed by atoms with van der Waals surface area (Å²) in [5, 5.41) is 3.39. The highest BCUT2D eigenvalue weighted by Crippen LogP contribution is 2.36. The number of benzene rings is 1. The average molecular weight is 365 g/mol. The Morgan fingerprint density at radius 1 is 1.09 bits per heavy atom. The van der Waals surface area contributed by atoms with Crippen LogP contribution in [-0.2, 0) is 13.1 Å². The van der Waals surface area contributed by atoms with Crippen LogP contribution in [0.3, 0.4) is 0 Å². The molecule has 0 spiro atoms. The molecule has 0 aliphatic heterocycles. The molecule has 118 valence electrons. The van der Waals surface area contributed by atoms with Gasteiger partial charge in [0, 0.05) is 19.3 Å². The third-order valence-corrected chi connectivity index (χ3v) is 3.61. The second kappa shape index (κ2) is 8.76. The highest BCUT2D eigenvalue weighted by Gasteiger charge is 2.11. The van der Waals surface area contributed by atoms with Gasteiger partial charge in [0.15, 0.2) is 11.5 Å². The Hall–Kier alpha value is -1.59. The van der Waals surface area contributed by atoms with Gasteiger partial charge in [-0.2, -0.15) is 0 Å². The van der Waals surface area contributed by atoms with E-state index >= 15 is 0 Å². The van der Waals surface area contributed by atoms with Crippen LogP contribution in [0.5, 0.6) is 11.5 Å². The summed E-state index contributed by atoms with van der Waals surface area (Å²) in [5.41, 5.74) is 2.16. The summed E-state index contributed by atoms with van der Waals surface area (Å²) in [4.78, 5) is 4.30. The first-order chi connectivity index (χ1) is 10.7. The Bertz CT molecular complexity index is 591. The van der Waals surface area contributed by atoms with Crippen LogP contribution in [0.25, 0.3) is 0 Å². The third-order valence-electron chi connectivity index (χ3n) is 3.02. The van der Waals surface area contributed by atoms with Gasteiger partial charge in [0.05, 0.1) is 23.4 Å². The first-order valence-electron chi connectivity index (χ1n) is 7.43. The first-order valence-corrected chi connectivity index (χ1v) is 8.22. The quantitative estimate of drug-likeness (QED) is 0.770. The van der Waals surface area contributed by atoms with E-state index in [2.05, 4.69) is 32.3 Å². The summed E-state index contributed by atoms with van der Waals surface area (Å²) >= 11 is 3.56. The predicted octanol–water partition coefficient (Wildman–Crippen LogP) is 3.93. The molecule has 0 radical (unpaired) electrons. The maximum Gasteiger partial charge on any atom is 0.175 e. The van der Waals surface area contributed by atoms with Gasteiger partial charge >= 0.3 is 0 Å². The summed E-state index contributed by atoms with van der Waals surface area (Å²) in [6.45, 7) is 6.62. The average Bonchev–Trinajstić information content (AvgIpc) is 2.52. The van der Waals surface area contributed by atoms with Gasteiger partial charge in [0.1, 0.15) is 0 Å². The fraction of sp³-hybridized carbons (Fsp3) is 0.353. The molecule has 1 N–H and O–H groups in total. The largest absolute Gasteiger partial charge is 0.490 e. The van der Waals surface area contributed by atoms with Crippen LogP contribution in [0.4, 0.5) is 0 Å². The van der Waals surface area contributed by atoms with Gasteiger partial charge in [-0.3, -0.25) is 4.98 Å². The van der Waals surface area contributed by atoms with E-state index < -0.39 is 0 Å². The van der Waals surface area contributed by atoms with Crippen molar-refractivity contribution in [2.45, 2.75) is 26.9 Å². The van der Waals surface area contributed by atoms with E-state index in [1.807, 2.05) is 38.1 Å². The van der Waals surface area contributed by atoms with Crippen molar-refractivity contribution in [2.75, 3.05) is 13.2 Å². The molecular formula is C17H21BrN2O2. The van der Waals surface area contributed by atoms with Crippen molar-refractivity contribution in [3.63, 3.8) is 0 Å². The van der Waals surface area contributed by atoms with E-state index in [4.69, 9.17) is 9.47 Å². The van der Waals surface area contributed by atoms with Gasteiger partial charge < -0.3 is 14.8 Å². The monoisotopic (exact) mass is 364 g/mol. The van der Waals surface area contributed by atoms with Crippen molar-refractivity contribution in [3.05, 3.63) is 52.3 Å².